The molecule has 2 aromatic rings. The monoisotopic (exact) mass is 234 g/mol. The molecule has 0 N–H and O–H groups in total. The maximum absolute atomic E-state index is 12.3. The molecule has 2 heterocycles. The van der Waals surface area contributed by atoms with Gasteiger partial charge in [0.1, 0.15) is 5.52 Å². The Hall–Kier alpha value is -1.65. The van der Waals surface area contributed by atoms with Crippen LogP contribution in [0.3, 0.4) is 0 Å². The minimum atomic E-state index is -0.208. The normalized spacial score (nSPS) is 12.3. The summed E-state index contributed by atoms with van der Waals surface area (Å²) in [5, 5.41) is 9.43. The van der Waals surface area contributed by atoms with E-state index < -0.39 is 0 Å². The van der Waals surface area contributed by atoms with E-state index in [9.17, 15) is 4.79 Å². The molecule has 0 spiro atoms. The van der Waals surface area contributed by atoms with Crippen LogP contribution in [0.1, 0.15) is 33.4 Å². The summed E-state index contributed by atoms with van der Waals surface area (Å²) < 4.78 is 3.27. The zero-order valence-electron chi connectivity index (χ0n) is 11.0. The molecule has 5 nitrogen and oxygen atoms in total. The van der Waals surface area contributed by atoms with Gasteiger partial charge in [0.25, 0.3) is 5.56 Å². The van der Waals surface area contributed by atoms with Gasteiger partial charge in [0, 0.05) is 11.9 Å². The SMILES string of the molecule is CCn1nc(C)c2cnn(C(C)(C)C)c2c1=O. The van der Waals surface area contributed by atoms with Gasteiger partial charge in [-0.05, 0) is 34.6 Å². The second-order valence-electron chi connectivity index (χ2n) is 5.20. The fourth-order valence-electron chi connectivity index (χ4n) is 1.94. The first-order valence-corrected chi connectivity index (χ1v) is 5.82. The standard InChI is InChI=1S/C12H18N4O/c1-6-15-11(17)10-9(8(2)14-15)7-13-16(10)12(3,4)5/h7H,6H2,1-5H3. The van der Waals surface area contributed by atoms with E-state index in [2.05, 4.69) is 10.2 Å². The number of fused-ring (bicyclic) bond motifs is 1. The lowest BCUT2D eigenvalue weighted by Crippen LogP contribution is -2.30. The molecule has 0 aliphatic heterocycles. The topological polar surface area (TPSA) is 52.7 Å². The third-order valence-electron chi connectivity index (χ3n) is 2.80. The van der Waals surface area contributed by atoms with Crippen molar-refractivity contribution in [2.24, 2.45) is 0 Å². The van der Waals surface area contributed by atoms with E-state index in [4.69, 9.17) is 0 Å². The zero-order valence-corrected chi connectivity index (χ0v) is 11.0. The first-order valence-electron chi connectivity index (χ1n) is 5.82. The van der Waals surface area contributed by atoms with Crippen LogP contribution in [0.25, 0.3) is 10.9 Å². The summed E-state index contributed by atoms with van der Waals surface area (Å²) in [5.41, 5.74) is 1.21. The van der Waals surface area contributed by atoms with E-state index in [0.717, 1.165) is 11.1 Å². The Kier molecular flexibility index (Phi) is 2.56. The zero-order chi connectivity index (χ0) is 12.8. The third kappa shape index (κ3) is 1.75. The van der Waals surface area contributed by atoms with Crippen LogP contribution >= 0.6 is 0 Å². The van der Waals surface area contributed by atoms with Crippen LogP contribution in [0.4, 0.5) is 0 Å². The molecule has 17 heavy (non-hydrogen) atoms. The summed E-state index contributed by atoms with van der Waals surface area (Å²) in [5.74, 6) is 0. The molecule has 0 bridgehead atoms. The van der Waals surface area contributed by atoms with Crippen LogP contribution < -0.4 is 5.56 Å². The first-order chi connectivity index (χ1) is 7.86. The molecule has 0 radical (unpaired) electrons. The molecule has 0 atom stereocenters. The molecule has 0 aromatic carbocycles. The van der Waals surface area contributed by atoms with Crippen molar-refractivity contribution in [3.8, 4) is 0 Å². The molecule has 0 unspecified atom stereocenters. The lowest BCUT2D eigenvalue weighted by Gasteiger charge is -2.20. The summed E-state index contributed by atoms with van der Waals surface area (Å²) in [6, 6.07) is 0. The van der Waals surface area contributed by atoms with E-state index in [1.165, 1.54) is 4.68 Å². The summed E-state index contributed by atoms with van der Waals surface area (Å²) >= 11 is 0. The van der Waals surface area contributed by atoms with Crippen molar-refractivity contribution in [3.63, 3.8) is 0 Å². The Labute approximate surface area is 100 Å². The largest absolute Gasteiger partial charge is 0.292 e. The Morgan fingerprint density at radius 3 is 2.53 bits per heavy atom. The lowest BCUT2D eigenvalue weighted by molar-refractivity contribution is 0.366. The molecule has 0 saturated carbocycles. The fourth-order valence-corrected chi connectivity index (χ4v) is 1.94. The summed E-state index contributed by atoms with van der Waals surface area (Å²) in [6.45, 7) is 10.5. The molecule has 5 heteroatoms. The number of nitrogens with zero attached hydrogens (tertiary/aromatic N) is 4. The van der Waals surface area contributed by atoms with Gasteiger partial charge in [-0.2, -0.15) is 10.2 Å². The minimum Gasteiger partial charge on any atom is -0.265 e. The Bertz CT molecular complexity index is 616. The van der Waals surface area contributed by atoms with Crippen LogP contribution in [0.15, 0.2) is 11.0 Å². The van der Waals surface area contributed by atoms with E-state index in [-0.39, 0.29) is 11.1 Å². The van der Waals surface area contributed by atoms with Crippen molar-refractivity contribution >= 4 is 10.9 Å². The Morgan fingerprint density at radius 1 is 1.35 bits per heavy atom. The van der Waals surface area contributed by atoms with E-state index in [0.29, 0.717) is 12.1 Å². The van der Waals surface area contributed by atoms with E-state index >= 15 is 0 Å². The van der Waals surface area contributed by atoms with Crippen LogP contribution in [0.2, 0.25) is 0 Å². The smallest absolute Gasteiger partial charge is 0.265 e. The Balaban J connectivity index is 2.93. The minimum absolute atomic E-state index is 0.0690. The average Bonchev–Trinajstić information content (AvgIpc) is 2.67. The lowest BCUT2D eigenvalue weighted by atomic mass is 10.1. The van der Waals surface area contributed by atoms with Crippen LogP contribution in [0.5, 0.6) is 0 Å². The first kappa shape index (κ1) is 11.8. The van der Waals surface area contributed by atoms with E-state index in [1.807, 2.05) is 34.6 Å². The second-order valence-corrected chi connectivity index (χ2v) is 5.20. The van der Waals surface area contributed by atoms with Crippen molar-refractivity contribution in [2.75, 3.05) is 0 Å². The molecule has 0 saturated heterocycles. The molecule has 2 rings (SSSR count). The maximum atomic E-state index is 12.3. The summed E-state index contributed by atoms with van der Waals surface area (Å²) in [4.78, 5) is 12.3. The van der Waals surface area contributed by atoms with Gasteiger partial charge in [-0.15, -0.1) is 0 Å². The fraction of sp³-hybridized carbons (Fsp3) is 0.583. The van der Waals surface area contributed by atoms with Gasteiger partial charge in [-0.1, -0.05) is 0 Å². The van der Waals surface area contributed by atoms with E-state index in [1.54, 1.807) is 10.9 Å². The highest BCUT2D eigenvalue weighted by Gasteiger charge is 2.21. The van der Waals surface area contributed by atoms with Crippen LogP contribution in [-0.2, 0) is 12.1 Å². The van der Waals surface area contributed by atoms with Gasteiger partial charge in [-0.3, -0.25) is 9.48 Å². The van der Waals surface area contributed by atoms with Gasteiger partial charge < -0.3 is 0 Å². The number of aromatic nitrogens is 4. The molecule has 0 aliphatic carbocycles. The highest BCUT2D eigenvalue weighted by Crippen LogP contribution is 2.20. The summed E-state index contributed by atoms with van der Waals surface area (Å²) in [7, 11) is 0. The second kappa shape index (κ2) is 3.68. The number of rotatable bonds is 1. The number of hydrogen-bond acceptors (Lipinski definition) is 3. The third-order valence-corrected chi connectivity index (χ3v) is 2.80. The van der Waals surface area contributed by atoms with Gasteiger partial charge in [-0.25, -0.2) is 4.68 Å². The van der Waals surface area contributed by atoms with Crippen molar-refractivity contribution in [1.82, 2.24) is 19.6 Å². The molecule has 92 valence electrons. The number of hydrogen-bond donors (Lipinski definition) is 0. The molecule has 0 fully saturated rings. The predicted octanol–water partition coefficient (Wildman–Crippen LogP) is 1.68. The van der Waals surface area contributed by atoms with Crippen molar-refractivity contribution < 1.29 is 0 Å². The van der Waals surface area contributed by atoms with Gasteiger partial charge in [0.2, 0.25) is 0 Å². The average molecular weight is 234 g/mol. The Morgan fingerprint density at radius 2 is 2.00 bits per heavy atom. The van der Waals surface area contributed by atoms with Crippen molar-refractivity contribution in [2.45, 2.75) is 46.7 Å². The van der Waals surface area contributed by atoms with Crippen molar-refractivity contribution in [1.29, 1.82) is 0 Å². The molecular formula is C12H18N4O. The molecule has 0 aliphatic rings. The molecular weight excluding hydrogens is 216 g/mol. The highest BCUT2D eigenvalue weighted by atomic mass is 16.1. The van der Waals surface area contributed by atoms with Crippen molar-refractivity contribution in [3.05, 3.63) is 22.2 Å². The number of aryl methyl sites for hydroxylation is 2. The quantitative estimate of drug-likeness (QED) is 0.754. The molecule has 0 amide bonds. The highest BCUT2D eigenvalue weighted by molar-refractivity contribution is 5.79. The summed E-state index contributed by atoms with van der Waals surface area (Å²) in [6.07, 6.45) is 1.73. The predicted molar refractivity (Wildman–Crippen MR) is 67.2 cm³/mol. The molecule has 2 aromatic heterocycles. The maximum Gasteiger partial charge on any atom is 0.292 e. The van der Waals surface area contributed by atoms with Gasteiger partial charge >= 0.3 is 0 Å². The van der Waals surface area contributed by atoms with Crippen LogP contribution in [0, 0.1) is 6.92 Å². The van der Waals surface area contributed by atoms with Gasteiger partial charge in [0.15, 0.2) is 0 Å². The van der Waals surface area contributed by atoms with Gasteiger partial charge in [0.05, 0.1) is 17.4 Å². The van der Waals surface area contributed by atoms with Crippen LogP contribution in [-0.4, -0.2) is 19.6 Å².